The molecule has 4 nitrogen and oxygen atoms in total. The van der Waals surface area contributed by atoms with Gasteiger partial charge in [-0.3, -0.25) is 4.90 Å². The Morgan fingerprint density at radius 3 is 2.33 bits per heavy atom. The van der Waals surface area contributed by atoms with Crippen LogP contribution in [0.25, 0.3) is 0 Å². The summed E-state index contributed by atoms with van der Waals surface area (Å²) in [6.07, 6.45) is 5.42. The average Bonchev–Trinajstić information content (AvgIpc) is 2.68. The van der Waals surface area contributed by atoms with E-state index in [4.69, 9.17) is 4.74 Å². The molecule has 1 unspecified atom stereocenters. The zero-order valence-electron chi connectivity index (χ0n) is 16.4. The van der Waals surface area contributed by atoms with E-state index in [-0.39, 0.29) is 24.9 Å². The van der Waals surface area contributed by atoms with E-state index in [1.807, 2.05) is 30.3 Å². The lowest BCUT2D eigenvalue weighted by Gasteiger charge is -2.34. The minimum absolute atomic E-state index is 0. The molecule has 0 bridgehead atoms. The summed E-state index contributed by atoms with van der Waals surface area (Å²) < 4.78 is 6.27. The van der Waals surface area contributed by atoms with Crippen molar-refractivity contribution in [3.05, 3.63) is 35.9 Å². The summed E-state index contributed by atoms with van der Waals surface area (Å²) in [5, 5.41) is 10.1. The number of halogens is 1. The molecule has 1 atom stereocenters. The third-order valence-corrected chi connectivity index (χ3v) is 5.17. The van der Waals surface area contributed by atoms with Gasteiger partial charge in [0.2, 0.25) is 5.60 Å². The van der Waals surface area contributed by atoms with Crippen LogP contribution >= 0.6 is 12.4 Å². The van der Waals surface area contributed by atoms with Crippen molar-refractivity contribution < 1.29 is 14.6 Å². The quantitative estimate of drug-likeness (QED) is 0.662. The molecule has 0 radical (unpaired) electrons. The highest BCUT2D eigenvalue weighted by Crippen LogP contribution is 2.35. The molecule has 1 aliphatic carbocycles. The minimum atomic E-state index is -1.39. The van der Waals surface area contributed by atoms with Gasteiger partial charge in [-0.1, -0.05) is 75.3 Å². The Balaban J connectivity index is 0.00000364. The first-order chi connectivity index (χ1) is 12.6. The van der Waals surface area contributed by atoms with Gasteiger partial charge in [0.1, 0.15) is 0 Å². The van der Waals surface area contributed by atoms with Crippen molar-refractivity contribution in [1.82, 2.24) is 4.90 Å². The summed E-state index contributed by atoms with van der Waals surface area (Å²) in [5.41, 5.74) is -0.713. The lowest BCUT2D eigenvalue weighted by atomic mass is 9.88. The molecule has 0 heterocycles. The lowest BCUT2D eigenvalue weighted by Crippen LogP contribution is -2.42. The third-order valence-electron chi connectivity index (χ3n) is 5.17. The standard InChI is InChI=1S/C22H31NO3.ClH/c1-3-23(4-2)18-12-11-17-22(21(24)25,19-13-7-5-8-14-19)26-20-15-9-6-10-16-20;/h5,7-8,13-14,20H,3-4,6,9-10,15-18H2,1-2H3,(H,24,25);1H. The molecule has 1 saturated carbocycles. The Morgan fingerprint density at radius 1 is 1.15 bits per heavy atom. The van der Waals surface area contributed by atoms with Crippen LogP contribution in [0, 0.1) is 11.8 Å². The van der Waals surface area contributed by atoms with Crippen molar-refractivity contribution in [2.75, 3.05) is 19.6 Å². The summed E-state index contributed by atoms with van der Waals surface area (Å²) in [5.74, 6) is 5.28. The molecule has 1 aromatic carbocycles. The number of carbonyl (C=O) groups is 1. The molecule has 1 aromatic rings. The van der Waals surface area contributed by atoms with Crippen molar-refractivity contribution >= 4 is 18.4 Å². The second-order valence-corrected chi connectivity index (χ2v) is 6.87. The van der Waals surface area contributed by atoms with E-state index in [0.717, 1.165) is 38.8 Å². The predicted octanol–water partition coefficient (Wildman–Crippen LogP) is 4.47. The van der Waals surface area contributed by atoms with E-state index in [2.05, 4.69) is 30.6 Å². The second kappa shape index (κ2) is 12.0. The number of carboxylic acid groups (broad SMARTS) is 1. The molecule has 0 aliphatic heterocycles. The van der Waals surface area contributed by atoms with Crippen molar-refractivity contribution in [1.29, 1.82) is 0 Å². The van der Waals surface area contributed by atoms with E-state index in [1.54, 1.807) is 0 Å². The number of aliphatic carboxylic acids is 1. The molecule has 150 valence electrons. The summed E-state index contributed by atoms with van der Waals surface area (Å²) >= 11 is 0. The fourth-order valence-electron chi connectivity index (χ4n) is 3.44. The maximum Gasteiger partial charge on any atom is 0.341 e. The second-order valence-electron chi connectivity index (χ2n) is 6.87. The van der Waals surface area contributed by atoms with Crippen LogP contribution in [-0.2, 0) is 15.1 Å². The molecule has 1 N–H and O–H groups in total. The Morgan fingerprint density at radius 2 is 1.78 bits per heavy atom. The van der Waals surface area contributed by atoms with Crippen molar-refractivity contribution in [2.45, 2.75) is 64.1 Å². The predicted molar refractivity (Wildman–Crippen MR) is 111 cm³/mol. The highest BCUT2D eigenvalue weighted by molar-refractivity contribution is 5.85. The number of benzene rings is 1. The molecular formula is C22H32ClNO3. The van der Waals surface area contributed by atoms with Gasteiger partial charge in [0.05, 0.1) is 19.1 Å². The van der Waals surface area contributed by atoms with Gasteiger partial charge in [-0.15, -0.1) is 12.4 Å². The van der Waals surface area contributed by atoms with Gasteiger partial charge in [-0.05, 0) is 31.5 Å². The van der Waals surface area contributed by atoms with Gasteiger partial charge in [0.25, 0.3) is 0 Å². The van der Waals surface area contributed by atoms with Gasteiger partial charge in [-0.2, -0.15) is 0 Å². The molecule has 1 fully saturated rings. The Hall–Kier alpha value is -1.54. The Kier molecular flexibility index (Phi) is 10.5. The molecule has 0 saturated heterocycles. The van der Waals surface area contributed by atoms with Gasteiger partial charge >= 0.3 is 5.97 Å². The zero-order valence-corrected chi connectivity index (χ0v) is 17.3. The first-order valence-corrected chi connectivity index (χ1v) is 9.77. The summed E-state index contributed by atoms with van der Waals surface area (Å²) in [4.78, 5) is 14.5. The molecule has 0 amide bonds. The van der Waals surface area contributed by atoms with Crippen LogP contribution in [0.5, 0.6) is 0 Å². The SMILES string of the molecule is CCN(CC)CC#CCC(OC1CCCCC1)(C(=O)O)c1ccccc1.Cl. The van der Waals surface area contributed by atoms with E-state index in [9.17, 15) is 9.90 Å². The third kappa shape index (κ3) is 6.53. The number of carboxylic acids is 1. The highest BCUT2D eigenvalue weighted by Gasteiger charge is 2.43. The maximum atomic E-state index is 12.3. The van der Waals surface area contributed by atoms with Crippen LogP contribution < -0.4 is 0 Å². The number of rotatable bonds is 8. The first-order valence-electron chi connectivity index (χ1n) is 9.77. The fourth-order valence-corrected chi connectivity index (χ4v) is 3.44. The van der Waals surface area contributed by atoms with E-state index in [0.29, 0.717) is 12.1 Å². The van der Waals surface area contributed by atoms with Gasteiger partial charge < -0.3 is 9.84 Å². The first kappa shape index (κ1) is 23.5. The van der Waals surface area contributed by atoms with Gasteiger partial charge in [0.15, 0.2) is 0 Å². The normalized spacial score (nSPS) is 16.7. The largest absolute Gasteiger partial charge is 0.479 e. The van der Waals surface area contributed by atoms with Crippen LogP contribution in [0.1, 0.15) is 57.9 Å². The monoisotopic (exact) mass is 393 g/mol. The minimum Gasteiger partial charge on any atom is -0.479 e. The maximum absolute atomic E-state index is 12.3. The number of hydrogen-bond acceptors (Lipinski definition) is 3. The Bertz CT molecular complexity index is 615. The fraction of sp³-hybridized carbons (Fsp3) is 0.591. The molecule has 27 heavy (non-hydrogen) atoms. The highest BCUT2D eigenvalue weighted by atomic mass is 35.5. The number of hydrogen-bond donors (Lipinski definition) is 1. The van der Waals surface area contributed by atoms with Crippen LogP contribution in [-0.4, -0.2) is 41.7 Å². The summed E-state index contributed by atoms with van der Waals surface area (Å²) in [6, 6.07) is 9.29. The van der Waals surface area contributed by atoms with Crippen LogP contribution in [0.3, 0.4) is 0 Å². The van der Waals surface area contributed by atoms with Crippen LogP contribution in [0.4, 0.5) is 0 Å². The lowest BCUT2D eigenvalue weighted by molar-refractivity contribution is -0.178. The average molecular weight is 394 g/mol. The molecule has 0 spiro atoms. The molecule has 1 aliphatic rings. The molecular weight excluding hydrogens is 362 g/mol. The van der Waals surface area contributed by atoms with Crippen molar-refractivity contribution in [3.8, 4) is 11.8 Å². The van der Waals surface area contributed by atoms with E-state index in [1.165, 1.54) is 6.42 Å². The molecule has 5 heteroatoms. The van der Waals surface area contributed by atoms with E-state index >= 15 is 0 Å². The van der Waals surface area contributed by atoms with Crippen LogP contribution in [0.2, 0.25) is 0 Å². The molecule has 2 rings (SSSR count). The summed E-state index contributed by atoms with van der Waals surface area (Å²) in [6.45, 7) is 6.73. The Labute approximate surface area is 169 Å². The summed E-state index contributed by atoms with van der Waals surface area (Å²) in [7, 11) is 0. The smallest absolute Gasteiger partial charge is 0.341 e. The van der Waals surface area contributed by atoms with Gasteiger partial charge in [-0.25, -0.2) is 4.79 Å². The zero-order chi connectivity index (χ0) is 18.8. The van der Waals surface area contributed by atoms with Crippen molar-refractivity contribution in [3.63, 3.8) is 0 Å². The number of nitrogens with zero attached hydrogens (tertiary/aromatic N) is 1. The van der Waals surface area contributed by atoms with Gasteiger partial charge in [0, 0.05) is 0 Å². The molecule has 0 aromatic heterocycles. The van der Waals surface area contributed by atoms with E-state index < -0.39 is 11.6 Å². The van der Waals surface area contributed by atoms with Crippen molar-refractivity contribution in [2.24, 2.45) is 0 Å². The van der Waals surface area contributed by atoms with Crippen LogP contribution in [0.15, 0.2) is 30.3 Å². The topological polar surface area (TPSA) is 49.8 Å². The number of ether oxygens (including phenoxy) is 1.